The smallest absolute Gasteiger partial charge is 0.398 e. The van der Waals surface area contributed by atoms with Crippen LogP contribution in [0.5, 0.6) is 0 Å². The Kier molecular flexibility index (Phi) is 5.48. The fraction of sp³-hybridized carbons (Fsp3) is 0.0500. The first-order chi connectivity index (χ1) is 13.6. The normalized spacial score (nSPS) is 11.4. The van der Waals surface area contributed by atoms with Crippen molar-refractivity contribution in [2.24, 2.45) is 0 Å². The highest BCUT2D eigenvalue weighted by Crippen LogP contribution is 2.37. The summed E-state index contributed by atoms with van der Waals surface area (Å²) in [5.41, 5.74) is 4.11. The van der Waals surface area contributed by atoms with Gasteiger partial charge in [0.05, 0.1) is 11.1 Å². The van der Waals surface area contributed by atoms with Crippen molar-refractivity contribution in [2.75, 3.05) is 11.1 Å². The van der Waals surface area contributed by atoms with Crippen LogP contribution >= 0.6 is 11.6 Å². The molecule has 3 aromatic carbocycles. The maximum atomic E-state index is 14.2. The summed E-state index contributed by atoms with van der Waals surface area (Å²) in [5.74, 6) is -2.66. The second-order valence-corrected chi connectivity index (χ2v) is 6.50. The van der Waals surface area contributed by atoms with E-state index in [-0.39, 0.29) is 33.1 Å². The zero-order valence-electron chi connectivity index (χ0n) is 14.4. The molecule has 0 aliphatic heterocycles. The van der Waals surface area contributed by atoms with Crippen LogP contribution in [-0.2, 0) is 6.18 Å². The zero-order chi connectivity index (χ0) is 21.3. The maximum absolute atomic E-state index is 14.2. The van der Waals surface area contributed by atoms with Crippen molar-refractivity contribution in [1.29, 1.82) is 0 Å². The van der Waals surface area contributed by atoms with Crippen LogP contribution in [0.3, 0.4) is 0 Å². The number of anilines is 2. The third-order valence-corrected chi connectivity index (χ3v) is 4.31. The predicted octanol–water partition coefficient (Wildman–Crippen LogP) is 6.14. The molecule has 0 unspecified atom stereocenters. The number of halogens is 6. The number of alkyl halides is 3. The van der Waals surface area contributed by atoms with Crippen molar-refractivity contribution in [3.8, 4) is 11.1 Å². The van der Waals surface area contributed by atoms with Gasteiger partial charge in [-0.15, -0.1) is 0 Å². The summed E-state index contributed by atoms with van der Waals surface area (Å²) in [5, 5.41) is 2.59. The van der Waals surface area contributed by atoms with Crippen molar-refractivity contribution in [2.45, 2.75) is 6.18 Å². The Morgan fingerprint density at radius 3 is 2.24 bits per heavy atom. The molecule has 0 heterocycles. The molecule has 0 saturated carbocycles. The molecule has 0 atom stereocenters. The van der Waals surface area contributed by atoms with Gasteiger partial charge in [-0.05, 0) is 42.5 Å². The average Bonchev–Trinajstić information content (AvgIpc) is 2.61. The molecule has 0 bridgehead atoms. The van der Waals surface area contributed by atoms with Crippen LogP contribution in [0.15, 0.2) is 54.6 Å². The highest BCUT2D eigenvalue weighted by molar-refractivity contribution is 6.31. The summed E-state index contributed by atoms with van der Waals surface area (Å²) in [6.07, 6.45) is -4.70. The molecule has 0 aliphatic carbocycles. The molecule has 3 rings (SSSR count). The minimum absolute atomic E-state index is 0.0106. The lowest BCUT2D eigenvalue weighted by atomic mass is 10.00. The summed E-state index contributed by atoms with van der Waals surface area (Å²) in [6.45, 7) is 0. The van der Waals surface area contributed by atoms with E-state index in [1.165, 1.54) is 18.2 Å². The lowest BCUT2D eigenvalue weighted by Crippen LogP contribution is -2.16. The van der Waals surface area contributed by atoms with Crippen LogP contribution < -0.4 is 11.1 Å². The van der Waals surface area contributed by atoms with Gasteiger partial charge in [0, 0.05) is 33.6 Å². The van der Waals surface area contributed by atoms with Gasteiger partial charge in [0.15, 0.2) is 0 Å². The van der Waals surface area contributed by atoms with Crippen LogP contribution in [0.25, 0.3) is 11.1 Å². The SMILES string of the molecule is Nc1cc(Cl)ccc1C(=O)Nc1cc(C(F)(F)F)ccc1-c1ccc(F)cc1F. The van der Waals surface area contributed by atoms with E-state index in [9.17, 15) is 26.7 Å². The molecule has 3 nitrogen and oxygen atoms in total. The summed E-state index contributed by atoms with van der Waals surface area (Å²) in [6, 6.07) is 9.03. The third-order valence-electron chi connectivity index (χ3n) is 4.07. The molecule has 0 fully saturated rings. The topological polar surface area (TPSA) is 55.1 Å². The molecule has 0 aromatic heterocycles. The van der Waals surface area contributed by atoms with E-state index in [1.807, 2.05) is 0 Å². The first kappa shape index (κ1) is 20.6. The minimum Gasteiger partial charge on any atom is -0.398 e. The number of benzene rings is 3. The number of rotatable bonds is 3. The third kappa shape index (κ3) is 4.48. The first-order valence-corrected chi connectivity index (χ1v) is 8.47. The number of nitrogens with one attached hydrogen (secondary N) is 1. The van der Waals surface area contributed by atoms with Gasteiger partial charge < -0.3 is 11.1 Å². The fourth-order valence-electron chi connectivity index (χ4n) is 2.70. The van der Waals surface area contributed by atoms with Crippen molar-refractivity contribution >= 4 is 28.9 Å². The Morgan fingerprint density at radius 1 is 0.931 bits per heavy atom. The fourth-order valence-corrected chi connectivity index (χ4v) is 2.88. The number of nitrogens with two attached hydrogens (primary N) is 1. The van der Waals surface area contributed by atoms with E-state index in [0.717, 1.165) is 24.3 Å². The molecule has 3 aromatic rings. The van der Waals surface area contributed by atoms with Crippen molar-refractivity contribution in [3.63, 3.8) is 0 Å². The van der Waals surface area contributed by atoms with E-state index in [0.29, 0.717) is 12.1 Å². The van der Waals surface area contributed by atoms with Gasteiger partial charge in [-0.2, -0.15) is 13.2 Å². The Hall–Kier alpha value is -3.13. The van der Waals surface area contributed by atoms with Crippen molar-refractivity contribution in [3.05, 3.63) is 82.4 Å². The number of nitrogen functional groups attached to an aromatic ring is 1. The Bertz CT molecular complexity index is 1100. The first-order valence-electron chi connectivity index (χ1n) is 8.09. The Labute approximate surface area is 166 Å². The largest absolute Gasteiger partial charge is 0.416 e. The maximum Gasteiger partial charge on any atom is 0.416 e. The lowest BCUT2D eigenvalue weighted by Gasteiger charge is -2.16. The van der Waals surface area contributed by atoms with Crippen LogP contribution in [0, 0.1) is 11.6 Å². The van der Waals surface area contributed by atoms with Crippen LogP contribution in [0.2, 0.25) is 5.02 Å². The molecule has 0 spiro atoms. The highest BCUT2D eigenvalue weighted by Gasteiger charge is 2.31. The van der Waals surface area contributed by atoms with Crippen LogP contribution in [0.4, 0.5) is 33.3 Å². The van der Waals surface area contributed by atoms with Gasteiger partial charge in [0.2, 0.25) is 0 Å². The van der Waals surface area contributed by atoms with E-state index < -0.39 is 29.3 Å². The van der Waals surface area contributed by atoms with Gasteiger partial charge in [-0.25, -0.2) is 8.78 Å². The van der Waals surface area contributed by atoms with E-state index >= 15 is 0 Å². The monoisotopic (exact) mass is 426 g/mol. The second-order valence-electron chi connectivity index (χ2n) is 6.07. The van der Waals surface area contributed by atoms with E-state index in [1.54, 1.807) is 0 Å². The number of carbonyl (C=O) groups is 1. The molecule has 0 saturated heterocycles. The molecule has 29 heavy (non-hydrogen) atoms. The van der Waals surface area contributed by atoms with Gasteiger partial charge >= 0.3 is 6.18 Å². The summed E-state index contributed by atoms with van der Waals surface area (Å²) in [4.78, 5) is 12.6. The molecule has 1 amide bonds. The molecule has 0 radical (unpaired) electrons. The molecule has 9 heteroatoms. The van der Waals surface area contributed by atoms with Crippen molar-refractivity contribution in [1.82, 2.24) is 0 Å². The second kappa shape index (κ2) is 7.71. The predicted molar refractivity (Wildman–Crippen MR) is 101 cm³/mol. The van der Waals surface area contributed by atoms with Crippen LogP contribution in [0.1, 0.15) is 15.9 Å². The Morgan fingerprint density at radius 2 is 1.62 bits per heavy atom. The van der Waals surface area contributed by atoms with Gasteiger partial charge in [-0.1, -0.05) is 17.7 Å². The number of amides is 1. The summed E-state index contributed by atoms with van der Waals surface area (Å²) in [7, 11) is 0. The number of hydrogen-bond donors (Lipinski definition) is 2. The summed E-state index contributed by atoms with van der Waals surface area (Å²) >= 11 is 5.78. The average molecular weight is 427 g/mol. The van der Waals surface area contributed by atoms with Gasteiger partial charge in [0.1, 0.15) is 11.6 Å². The molecular formula is C20H12ClF5N2O. The quantitative estimate of drug-likeness (QED) is 0.390. The van der Waals surface area contributed by atoms with Gasteiger partial charge in [-0.3, -0.25) is 4.79 Å². The van der Waals surface area contributed by atoms with E-state index in [2.05, 4.69) is 5.32 Å². The Balaban J connectivity index is 2.10. The van der Waals surface area contributed by atoms with Gasteiger partial charge in [0.25, 0.3) is 5.91 Å². The zero-order valence-corrected chi connectivity index (χ0v) is 15.2. The molecule has 3 N–H and O–H groups in total. The van der Waals surface area contributed by atoms with E-state index in [4.69, 9.17) is 17.3 Å². The highest BCUT2D eigenvalue weighted by atomic mass is 35.5. The standard InChI is InChI=1S/C20H12ClF5N2O/c21-11-2-5-15(17(27)8-11)19(29)28-18-7-10(20(24,25)26)1-4-14(18)13-6-3-12(22)9-16(13)23/h1-9H,27H2,(H,28,29). The lowest BCUT2D eigenvalue weighted by molar-refractivity contribution is -0.137. The molecular weight excluding hydrogens is 415 g/mol. The van der Waals surface area contributed by atoms with Crippen molar-refractivity contribution < 1.29 is 26.7 Å². The minimum atomic E-state index is -4.70. The molecule has 150 valence electrons. The van der Waals surface area contributed by atoms with Crippen LogP contribution in [-0.4, -0.2) is 5.91 Å². The summed E-state index contributed by atoms with van der Waals surface area (Å²) < 4.78 is 66.8. The number of hydrogen-bond acceptors (Lipinski definition) is 2. The number of carbonyl (C=O) groups excluding carboxylic acids is 1. The molecule has 0 aliphatic rings.